The van der Waals surface area contributed by atoms with Crippen LogP contribution in [0.2, 0.25) is 0 Å². The van der Waals surface area contributed by atoms with Crippen LogP contribution < -0.4 is 10.6 Å². The lowest BCUT2D eigenvalue weighted by molar-refractivity contribution is -0.127. The van der Waals surface area contributed by atoms with Crippen molar-refractivity contribution in [2.24, 2.45) is 4.99 Å². The van der Waals surface area contributed by atoms with Crippen LogP contribution in [-0.2, 0) is 9.53 Å². The smallest absolute Gasteiger partial charge is 0.243 e. The van der Waals surface area contributed by atoms with Crippen molar-refractivity contribution in [3.8, 4) is 0 Å². The lowest BCUT2D eigenvalue weighted by Gasteiger charge is -2.22. The van der Waals surface area contributed by atoms with Crippen LogP contribution in [-0.4, -0.2) is 75.2 Å². The third-order valence-corrected chi connectivity index (χ3v) is 4.35. The molecule has 0 aromatic heterocycles. The number of nitrogens with one attached hydrogen (secondary N) is 2. The minimum atomic E-state index is 0.00609. The summed E-state index contributed by atoms with van der Waals surface area (Å²) >= 11 is 1.78. The van der Waals surface area contributed by atoms with Gasteiger partial charge in [0, 0.05) is 39.5 Å². The van der Waals surface area contributed by atoms with Gasteiger partial charge in [0.25, 0.3) is 0 Å². The Labute approximate surface area is 144 Å². The van der Waals surface area contributed by atoms with Crippen LogP contribution in [0.1, 0.15) is 32.1 Å². The highest BCUT2D eigenvalue weighted by Gasteiger charge is 2.13. The number of thioether (sulfide) groups is 1. The highest BCUT2D eigenvalue weighted by molar-refractivity contribution is 7.98. The Kier molecular flexibility index (Phi) is 10.9. The van der Waals surface area contributed by atoms with Crippen LogP contribution >= 0.6 is 11.8 Å². The van der Waals surface area contributed by atoms with Crippen molar-refractivity contribution in [1.82, 2.24) is 15.5 Å². The van der Waals surface area contributed by atoms with E-state index < -0.39 is 0 Å². The zero-order valence-corrected chi connectivity index (χ0v) is 15.6. The fraction of sp³-hybridized carbons (Fsp3) is 0.875. The van der Waals surface area contributed by atoms with Crippen molar-refractivity contribution in [3.05, 3.63) is 0 Å². The van der Waals surface area contributed by atoms with Crippen molar-refractivity contribution in [2.45, 2.75) is 38.2 Å². The van der Waals surface area contributed by atoms with Crippen LogP contribution in [0.15, 0.2) is 4.99 Å². The Balaban J connectivity index is 2.29. The number of amides is 1. The SMILES string of the molecule is CSCCNC(=NCC(=O)N(C)C)NCCCC1CCCCO1. The second-order valence-corrected chi connectivity index (χ2v) is 6.92. The third-order valence-electron chi connectivity index (χ3n) is 3.74. The number of aliphatic imine (C=N–C) groups is 1. The minimum absolute atomic E-state index is 0.00609. The molecular formula is C16H32N4O2S. The molecule has 2 N–H and O–H groups in total. The Morgan fingerprint density at radius 2 is 2.09 bits per heavy atom. The first kappa shape index (κ1) is 20.1. The summed E-state index contributed by atoms with van der Waals surface area (Å²) in [6.07, 6.45) is 8.30. The van der Waals surface area contributed by atoms with E-state index in [1.54, 1.807) is 30.8 Å². The highest BCUT2D eigenvalue weighted by Crippen LogP contribution is 2.16. The zero-order chi connectivity index (χ0) is 16.9. The standard InChI is InChI=1S/C16H32N4O2S/c1-20(2)15(21)13-19-16(18-10-12-23-3)17-9-6-8-14-7-4-5-11-22-14/h14H,4-13H2,1-3H3,(H2,17,18,19). The summed E-state index contributed by atoms with van der Waals surface area (Å²) in [6, 6.07) is 0. The number of carbonyl (C=O) groups is 1. The Bertz CT molecular complexity index is 358. The van der Waals surface area contributed by atoms with E-state index in [2.05, 4.69) is 21.9 Å². The molecule has 1 unspecified atom stereocenters. The summed E-state index contributed by atoms with van der Waals surface area (Å²) < 4.78 is 5.74. The number of hydrogen-bond acceptors (Lipinski definition) is 4. The molecule has 0 aromatic rings. The molecule has 1 aliphatic rings. The maximum Gasteiger partial charge on any atom is 0.243 e. The molecule has 6 nitrogen and oxygen atoms in total. The van der Waals surface area contributed by atoms with E-state index in [-0.39, 0.29) is 12.5 Å². The molecule has 0 radical (unpaired) electrons. The molecule has 1 fully saturated rings. The lowest BCUT2D eigenvalue weighted by Crippen LogP contribution is -2.40. The summed E-state index contributed by atoms with van der Waals surface area (Å²) in [5.74, 6) is 1.74. The predicted molar refractivity (Wildman–Crippen MR) is 98.2 cm³/mol. The Morgan fingerprint density at radius 3 is 2.74 bits per heavy atom. The second kappa shape index (κ2) is 12.5. The topological polar surface area (TPSA) is 66.0 Å². The van der Waals surface area contributed by atoms with Gasteiger partial charge in [0.2, 0.25) is 5.91 Å². The lowest BCUT2D eigenvalue weighted by atomic mass is 10.0. The van der Waals surface area contributed by atoms with E-state index in [1.807, 2.05) is 0 Å². The van der Waals surface area contributed by atoms with Gasteiger partial charge in [0.05, 0.1) is 6.10 Å². The van der Waals surface area contributed by atoms with Gasteiger partial charge >= 0.3 is 0 Å². The van der Waals surface area contributed by atoms with Crippen LogP contribution in [0.4, 0.5) is 0 Å². The maximum absolute atomic E-state index is 11.7. The van der Waals surface area contributed by atoms with Gasteiger partial charge in [-0.25, -0.2) is 4.99 Å². The van der Waals surface area contributed by atoms with Crippen molar-refractivity contribution in [3.63, 3.8) is 0 Å². The predicted octanol–water partition coefficient (Wildman–Crippen LogP) is 1.32. The molecule has 1 rings (SSSR count). The zero-order valence-electron chi connectivity index (χ0n) is 14.8. The quantitative estimate of drug-likeness (QED) is 0.375. The van der Waals surface area contributed by atoms with Crippen molar-refractivity contribution >= 4 is 23.6 Å². The van der Waals surface area contributed by atoms with Crippen molar-refractivity contribution < 1.29 is 9.53 Å². The number of nitrogens with zero attached hydrogens (tertiary/aromatic N) is 2. The number of rotatable bonds is 9. The number of ether oxygens (including phenoxy) is 1. The number of guanidine groups is 1. The summed E-state index contributed by atoms with van der Waals surface area (Å²) in [5.41, 5.74) is 0. The minimum Gasteiger partial charge on any atom is -0.378 e. The highest BCUT2D eigenvalue weighted by atomic mass is 32.2. The van der Waals surface area contributed by atoms with E-state index in [1.165, 1.54) is 19.3 Å². The molecule has 23 heavy (non-hydrogen) atoms. The Hall–Kier alpha value is -0.950. The van der Waals surface area contributed by atoms with Gasteiger partial charge < -0.3 is 20.3 Å². The molecule has 1 heterocycles. The van der Waals surface area contributed by atoms with E-state index in [4.69, 9.17) is 4.74 Å². The summed E-state index contributed by atoms with van der Waals surface area (Å²) in [7, 11) is 3.49. The maximum atomic E-state index is 11.7. The monoisotopic (exact) mass is 344 g/mol. The molecule has 134 valence electrons. The van der Waals surface area contributed by atoms with Crippen LogP contribution in [0.3, 0.4) is 0 Å². The molecule has 1 atom stereocenters. The first-order valence-corrected chi connectivity index (χ1v) is 9.85. The van der Waals surface area contributed by atoms with E-state index in [0.717, 1.165) is 44.3 Å². The van der Waals surface area contributed by atoms with Gasteiger partial charge in [0.15, 0.2) is 5.96 Å². The molecule has 1 amide bonds. The van der Waals surface area contributed by atoms with E-state index in [0.29, 0.717) is 6.10 Å². The van der Waals surface area contributed by atoms with Gasteiger partial charge in [-0.15, -0.1) is 0 Å². The average molecular weight is 345 g/mol. The molecule has 1 aliphatic heterocycles. The molecule has 7 heteroatoms. The average Bonchev–Trinajstić information content (AvgIpc) is 2.56. The van der Waals surface area contributed by atoms with Gasteiger partial charge in [-0.3, -0.25) is 4.79 Å². The first-order chi connectivity index (χ1) is 11.1. The molecule has 0 spiro atoms. The third kappa shape index (κ3) is 9.71. The fourth-order valence-electron chi connectivity index (χ4n) is 2.31. The van der Waals surface area contributed by atoms with E-state index >= 15 is 0 Å². The second-order valence-electron chi connectivity index (χ2n) is 5.93. The molecule has 0 aliphatic carbocycles. The van der Waals surface area contributed by atoms with Gasteiger partial charge in [-0.2, -0.15) is 11.8 Å². The first-order valence-electron chi connectivity index (χ1n) is 8.46. The van der Waals surface area contributed by atoms with Gasteiger partial charge in [0.1, 0.15) is 6.54 Å². The molecule has 1 saturated heterocycles. The molecule has 0 saturated carbocycles. The summed E-state index contributed by atoms with van der Waals surface area (Å²) in [4.78, 5) is 17.6. The summed E-state index contributed by atoms with van der Waals surface area (Å²) in [6.45, 7) is 2.77. The van der Waals surface area contributed by atoms with Crippen molar-refractivity contribution in [1.29, 1.82) is 0 Å². The normalized spacial score (nSPS) is 18.6. The van der Waals surface area contributed by atoms with Crippen LogP contribution in [0.25, 0.3) is 0 Å². The van der Waals surface area contributed by atoms with E-state index in [9.17, 15) is 4.79 Å². The largest absolute Gasteiger partial charge is 0.378 e. The Morgan fingerprint density at radius 1 is 1.30 bits per heavy atom. The summed E-state index contributed by atoms with van der Waals surface area (Å²) in [5, 5.41) is 6.59. The molecule has 0 bridgehead atoms. The van der Waals surface area contributed by atoms with Crippen LogP contribution in [0, 0.1) is 0 Å². The number of hydrogen-bond donors (Lipinski definition) is 2. The molecule has 0 aromatic carbocycles. The van der Waals surface area contributed by atoms with Gasteiger partial charge in [-0.1, -0.05) is 0 Å². The number of likely N-dealkylation sites (N-methyl/N-ethyl adjacent to an activating group) is 1. The number of carbonyl (C=O) groups excluding carboxylic acids is 1. The molecular weight excluding hydrogens is 312 g/mol. The van der Waals surface area contributed by atoms with Crippen LogP contribution in [0.5, 0.6) is 0 Å². The van der Waals surface area contributed by atoms with Gasteiger partial charge in [-0.05, 0) is 38.4 Å². The fourth-order valence-corrected chi connectivity index (χ4v) is 2.61. The van der Waals surface area contributed by atoms with Crippen molar-refractivity contribution in [2.75, 3.05) is 52.3 Å².